The summed E-state index contributed by atoms with van der Waals surface area (Å²) in [7, 11) is 1.96. The fraction of sp³-hybridized carbons (Fsp3) is 0.714. The molecule has 1 aromatic rings. The van der Waals surface area contributed by atoms with Gasteiger partial charge in [-0.05, 0) is 25.2 Å². The Bertz CT molecular complexity index is 471. The third-order valence-corrected chi connectivity index (χ3v) is 4.77. The smallest absolute Gasteiger partial charge is 0.320 e. The van der Waals surface area contributed by atoms with Crippen LogP contribution in [0.5, 0.6) is 0 Å². The minimum atomic E-state index is -0.670. The molecule has 1 saturated carbocycles. The SMILES string of the molecule is Cn1cncc1CN1[C@H](C(=O)O)C[C@@H]2CCCC[C@@H]21. The molecule has 0 bridgehead atoms. The van der Waals surface area contributed by atoms with E-state index in [1.165, 1.54) is 19.3 Å². The van der Waals surface area contributed by atoms with Crippen molar-refractivity contribution in [2.24, 2.45) is 13.0 Å². The van der Waals surface area contributed by atoms with Gasteiger partial charge in [-0.2, -0.15) is 0 Å². The molecule has 3 atom stereocenters. The predicted octanol–water partition coefficient (Wildman–Crippen LogP) is 1.64. The summed E-state index contributed by atoms with van der Waals surface area (Å²) >= 11 is 0. The first-order chi connectivity index (χ1) is 9.16. The molecule has 104 valence electrons. The number of aliphatic carboxylic acids is 1. The van der Waals surface area contributed by atoms with E-state index in [4.69, 9.17) is 0 Å². The second-order valence-corrected chi connectivity index (χ2v) is 5.87. The van der Waals surface area contributed by atoms with E-state index in [1.807, 2.05) is 17.8 Å². The standard InChI is InChI=1S/C14H21N3O2/c1-16-9-15-7-11(16)8-17-12-5-3-2-4-10(12)6-13(17)14(18)19/h7,9-10,12-13H,2-6,8H2,1H3,(H,18,19)/t10-,12-,13-/m0/s1. The molecule has 0 amide bonds. The maximum atomic E-state index is 11.5. The summed E-state index contributed by atoms with van der Waals surface area (Å²) in [4.78, 5) is 17.8. The molecular weight excluding hydrogens is 242 g/mol. The lowest BCUT2D eigenvalue weighted by molar-refractivity contribution is -0.142. The number of hydrogen-bond acceptors (Lipinski definition) is 3. The molecule has 1 aliphatic carbocycles. The van der Waals surface area contributed by atoms with Gasteiger partial charge in [0.15, 0.2) is 0 Å². The minimum absolute atomic E-state index is 0.317. The fourth-order valence-electron chi connectivity index (χ4n) is 3.75. The van der Waals surface area contributed by atoms with E-state index in [-0.39, 0.29) is 6.04 Å². The van der Waals surface area contributed by atoms with Gasteiger partial charge in [0.2, 0.25) is 0 Å². The number of carboxylic acid groups (broad SMARTS) is 1. The first kappa shape index (κ1) is 12.7. The molecule has 0 unspecified atom stereocenters. The van der Waals surface area contributed by atoms with Crippen molar-refractivity contribution in [1.29, 1.82) is 0 Å². The van der Waals surface area contributed by atoms with Gasteiger partial charge in [-0.1, -0.05) is 12.8 Å². The monoisotopic (exact) mass is 263 g/mol. The maximum absolute atomic E-state index is 11.5. The molecule has 2 fully saturated rings. The summed E-state index contributed by atoms with van der Waals surface area (Å²) in [5, 5.41) is 9.46. The van der Waals surface area contributed by atoms with Crippen LogP contribution in [0, 0.1) is 5.92 Å². The van der Waals surface area contributed by atoms with E-state index in [0.29, 0.717) is 18.5 Å². The Hall–Kier alpha value is -1.36. The average Bonchev–Trinajstić information content (AvgIpc) is 2.95. The summed E-state index contributed by atoms with van der Waals surface area (Å²) in [5.74, 6) is -0.0976. The number of aromatic nitrogens is 2. The zero-order valence-electron chi connectivity index (χ0n) is 11.3. The van der Waals surface area contributed by atoms with Crippen molar-refractivity contribution >= 4 is 5.97 Å². The number of hydrogen-bond donors (Lipinski definition) is 1. The lowest BCUT2D eigenvalue weighted by Crippen LogP contribution is -2.42. The summed E-state index contributed by atoms with van der Waals surface area (Å²) in [6.07, 6.45) is 9.26. The van der Waals surface area contributed by atoms with Gasteiger partial charge in [0, 0.05) is 25.8 Å². The van der Waals surface area contributed by atoms with E-state index in [1.54, 1.807) is 6.33 Å². The number of carbonyl (C=O) groups is 1. The maximum Gasteiger partial charge on any atom is 0.320 e. The predicted molar refractivity (Wildman–Crippen MR) is 70.5 cm³/mol. The van der Waals surface area contributed by atoms with E-state index in [9.17, 15) is 9.90 Å². The summed E-state index contributed by atoms with van der Waals surface area (Å²) in [6, 6.07) is 0.132. The highest BCUT2D eigenvalue weighted by Crippen LogP contribution is 2.40. The van der Waals surface area contributed by atoms with Gasteiger partial charge in [-0.25, -0.2) is 4.98 Å². The Morgan fingerprint density at radius 1 is 1.47 bits per heavy atom. The highest BCUT2D eigenvalue weighted by Gasteiger charge is 2.45. The number of aryl methyl sites for hydroxylation is 1. The molecule has 2 heterocycles. The minimum Gasteiger partial charge on any atom is -0.480 e. The van der Waals surface area contributed by atoms with Crippen LogP contribution < -0.4 is 0 Å². The van der Waals surface area contributed by atoms with Crippen LogP contribution in [0.4, 0.5) is 0 Å². The third kappa shape index (κ3) is 2.27. The van der Waals surface area contributed by atoms with Crippen LogP contribution >= 0.6 is 0 Å². The molecule has 1 aliphatic heterocycles. The molecule has 1 aromatic heterocycles. The highest BCUT2D eigenvalue weighted by molar-refractivity contribution is 5.74. The van der Waals surface area contributed by atoms with Crippen LogP contribution in [0.25, 0.3) is 0 Å². The topological polar surface area (TPSA) is 58.4 Å². The van der Waals surface area contributed by atoms with E-state index < -0.39 is 5.97 Å². The number of imidazole rings is 1. The lowest BCUT2D eigenvalue weighted by Gasteiger charge is -2.32. The van der Waals surface area contributed by atoms with Crippen molar-refractivity contribution in [1.82, 2.24) is 14.5 Å². The quantitative estimate of drug-likeness (QED) is 0.900. The summed E-state index contributed by atoms with van der Waals surface area (Å²) < 4.78 is 1.98. The van der Waals surface area contributed by atoms with Crippen molar-refractivity contribution in [3.05, 3.63) is 18.2 Å². The molecule has 0 aromatic carbocycles. The zero-order valence-corrected chi connectivity index (χ0v) is 11.3. The van der Waals surface area contributed by atoms with Crippen LogP contribution in [-0.2, 0) is 18.4 Å². The molecular formula is C14H21N3O2. The van der Waals surface area contributed by atoms with E-state index in [2.05, 4.69) is 9.88 Å². The molecule has 19 heavy (non-hydrogen) atoms. The number of carboxylic acids is 1. The summed E-state index contributed by atoms with van der Waals surface area (Å²) in [6.45, 7) is 0.703. The van der Waals surface area contributed by atoms with E-state index in [0.717, 1.165) is 18.5 Å². The van der Waals surface area contributed by atoms with Gasteiger partial charge in [0.1, 0.15) is 6.04 Å². The van der Waals surface area contributed by atoms with Gasteiger partial charge in [-0.3, -0.25) is 9.69 Å². The lowest BCUT2D eigenvalue weighted by atomic mass is 9.85. The molecule has 5 heteroatoms. The van der Waals surface area contributed by atoms with Gasteiger partial charge >= 0.3 is 5.97 Å². The van der Waals surface area contributed by atoms with Gasteiger partial charge in [0.25, 0.3) is 0 Å². The van der Waals surface area contributed by atoms with Crippen molar-refractivity contribution in [2.75, 3.05) is 0 Å². The van der Waals surface area contributed by atoms with Crippen molar-refractivity contribution in [2.45, 2.75) is 50.7 Å². The Labute approximate surface area is 113 Å². The van der Waals surface area contributed by atoms with Crippen LogP contribution in [0.3, 0.4) is 0 Å². The first-order valence-corrected chi connectivity index (χ1v) is 7.10. The summed E-state index contributed by atoms with van der Waals surface area (Å²) in [5.41, 5.74) is 1.09. The molecule has 1 saturated heterocycles. The fourth-order valence-corrected chi connectivity index (χ4v) is 3.75. The van der Waals surface area contributed by atoms with E-state index >= 15 is 0 Å². The molecule has 5 nitrogen and oxygen atoms in total. The highest BCUT2D eigenvalue weighted by atomic mass is 16.4. The third-order valence-electron chi connectivity index (χ3n) is 4.77. The Morgan fingerprint density at radius 3 is 2.95 bits per heavy atom. The number of fused-ring (bicyclic) bond motifs is 1. The molecule has 2 aliphatic rings. The second kappa shape index (κ2) is 4.96. The van der Waals surface area contributed by atoms with Crippen molar-refractivity contribution in [3.63, 3.8) is 0 Å². The first-order valence-electron chi connectivity index (χ1n) is 7.10. The number of rotatable bonds is 3. The van der Waals surface area contributed by atoms with Crippen molar-refractivity contribution < 1.29 is 9.90 Å². The normalized spacial score (nSPS) is 31.3. The largest absolute Gasteiger partial charge is 0.480 e. The number of likely N-dealkylation sites (tertiary alicyclic amines) is 1. The molecule has 0 spiro atoms. The molecule has 0 radical (unpaired) electrons. The van der Waals surface area contributed by atoms with Gasteiger partial charge in [0.05, 0.1) is 12.0 Å². The second-order valence-electron chi connectivity index (χ2n) is 5.87. The molecule has 1 N–H and O–H groups in total. The van der Waals surface area contributed by atoms with Crippen LogP contribution in [0.15, 0.2) is 12.5 Å². The average molecular weight is 263 g/mol. The van der Waals surface area contributed by atoms with Gasteiger partial charge < -0.3 is 9.67 Å². The Balaban J connectivity index is 1.82. The van der Waals surface area contributed by atoms with Gasteiger partial charge in [-0.15, -0.1) is 0 Å². The number of nitrogens with zero attached hydrogens (tertiary/aromatic N) is 3. The van der Waals surface area contributed by atoms with Crippen LogP contribution in [0.2, 0.25) is 0 Å². The van der Waals surface area contributed by atoms with Crippen LogP contribution in [-0.4, -0.2) is 37.6 Å². The Morgan fingerprint density at radius 2 is 2.26 bits per heavy atom. The van der Waals surface area contributed by atoms with Crippen molar-refractivity contribution in [3.8, 4) is 0 Å². The van der Waals surface area contributed by atoms with Crippen LogP contribution in [0.1, 0.15) is 37.8 Å². The molecule has 3 rings (SSSR count). The zero-order chi connectivity index (χ0) is 13.4. The Kier molecular flexibility index (Phi) is 3.31.